The van der Waals surface area contributed by atoms with Gasteiger partial charge in [0, 0.05) is 61.1 Å². The molecule has 4 heterocycles. The molecule has 238 valence electrons. The summed E-state index contributed by atoms with van der Waals surface area (Å²) in [6.07, 6.45) is -5.67. The first-order valence-electron chi connectivity index (χ1n) is 13.8. The fourth-order valence-corrected chi connectivity index (χ4v) is 5.22. The Kier molecular flexibility index (Phi) is 7.87. The van der Waals surface area contributed by atoms with E-state index in [4.69, 9.17) is 4.74 Å². The van der Waals surface area contributed by atoms with Crippen LogP contribution in [0.1, 0.15) is 27.2 Å². The Morgan fingerprint density at radius 1 is 0.891 bits per heavy atom. The molecule has 0 aliphatic carbocycles. The Balaban J connectivity index is 1.18. The van der Waals surface area contributed by atoms with Crippen molar-refractivity contribution in [1.82, 2.24) is 29.6 Å². The number of halogens is 6. The minimum atomic E-state index is -4.95. The van der Waals surface area contributed by atoms with Crippen molar-refractivity contribution in [2.24, 2.45) is 0 Å². The molecule has 0 bridgehead atoms. The number of piperazine rings is 1. The van der Waals surface area contributed by atoms with E-state index in [2.05, 4.69) is 15.1 Å². The molecule has 1 amide bonds. The molecule has 16 heteroatoms. The molecule has 2 aromatic carbocycles. The van der Waals surface area contributed by atoms with Crippen LogP contribution in [0.25, 0.3) is 16.5 Å². The van der Waals surface area contributed by atoms with E-state index in [1.165, 1.54) is 16.8 Å². The summed E-state index contributed by atoms with van der Waals surface area (Å²) in [7, 11) is 0. The molecule has 46 heavy (non-hydrogen) atoms. The summed E-state index contributed by atoms with van der Waals surface area (Å²) in [6.45, 7) is 0.920. The van der Waals surface area contributed by atoms with Gasteiger partial charge < -0.3 is 19.1 Å². The van der Waals surface area contributed by atoms with Crippen molar-refractivity contribution in [2.45, 2.75) is 19.0 Å². The number of alkyl halides is 6. The van der Waals surface area contributed by atoms with Gasteiger partial charge in [-0.15, -0.1) is 0 Å². The van der Waals surface area contributed by atoms with E-state index in [1.54, 1.807) is 52.3 Å². The number of benzene rings is 2. The highest BCUT2D eigenvalue weighted by molar-refractivity contribution is 5.94. The molecule has 1 aliphatic rings. The summed E-state index contributed by atoms with van der Waals surface area (Å²) in [5.41, 5.74) is -3.57. The summed E-state index contributed by atoms with van der Waals surface area (Å²) < 4.78 is 87.4. The lowest BCUT2D eigenvalue weighted by molar-refractivity contribution is -0.139. The van der Waals surface area contributed by atoms with Crippen LogP contribution in [0.15, 0.2) is 78.1 Å². The van der Waals surface area contributed by atoms with Crippen molar-refractivity contribution < 1.29 is 35.9 Å². The second-order valence-corrected chi connectivity index (χ2v) is 10.4. The number of H-pyrrole nitrogens is 1. The van der Waals surface area contributed by atoms with Crippen LogP contribution in [0, 0.1) is 0 Å². The van der Waals surface area contributed by atoms with Gasteiger partial charge in [0.1, 0.15) is 17.9 Å². The number of rotatable bonds is 6. The largest absolute Gasteiger partial charge is 0.487 e. The maximum absolute atomic E-state index is 13.9. The van der Waals surface area contributed by atoms with Crippen molar-refractivity contribution in [1.29, 1.82) is 0 Å². The quantitative estimate of drug-likeness (QED) is 0.257. The van der Waals surface area contributed by atoms with Gasteiger partial charge in [-0.3, -0.25) is 9.59 Å². The van der Waals surface area contributed by atoms with Gasteiger partial charge in [0.15, 0.2) is 0 Å². The van der Waals surface area contributed by atoms with Crippen LogP contribution in [-0.4, -0.2) is 61.7 Å². The fourth-order valence-electron chi connectivity index (χ4n) is 5.22. The third-order valence-electron chi connectivity index (χ3n) is 7.48. The zero-order valence-electron chi connectivity index (χ0n) is 23.6. The maximum Gasteiger partial charge on any atom is 0.423 e. The van der Waals surface area contributed by atoms with Crippen LogP contribution in [0.2, 0.25) is 0 Å². The number of hydrogen-bond donors (Lipinski definition) is 1. The summed E-state index contributed by atoms with van der Waals surface area (Å²) in [5, 5.41) is 6.62. The molecule has 0 radical (unpaired) electrons. The van der Waals surface area contributed by atoms with Gasteiger partial charge in [0.2, 0.25) is 5.95 Å². The van der Waals surface area contributed by atoms with E-state index in [9.17, 15) is 35.9 Å². The number of aromatic nitrogens is 5. The van der Waals surface area contributed by atoms with Crippen molar-refractivity contribution >= 4 is 22.6 Å². The number of carbonyl (C=O) groups is 1. The lowest BCUT2D eigenvalue weighted by Crippen LogP contribution is -2.49. The normalized spacial score (nSPS) is 14.1. The second kappa shape index (κ2) is 11.8. The lowest BCUT2D eigenvalue weighted by Gasteiger charge is -2.34. The smallest absolute Gasteiger partial charge is 0.423 e. The number of nitrogens with one attached hydrogen (secondary N) is 1. The molecule has 0 unspecified atom stereocenters. The maximum atomic E-state index is 13.9. The van der Waals surface area contributed by atoms with Crippen LogP contribution in [0.3, 0.4) is 0 Å². The molecular weight excluding hydrogens is 620 g/mol. The SMILES string of the molecule is O=C(c1cccc(OCc2c3ccccc3cn2-c2cn[nH]c(=O)c2C(F)(F)F)c1)N1CCN(c2ncc(C(F)(F)F)cn2)CC1. The molecule has 0 atom stereocenters. The van der Waals surface area contributed by atoms with E-state index in [-0.39, 0.29) is 37.3 Å². The molecular formula is C30H23F6N7O3. The van der Waals surface area contributed by atoms with Gasteiger partial charge in [-0.2, -0.15) is 31.4 Å². The van der Waals surface area contributed by atoms with Crippen LogP contribution < -0.4 is 15.2 Å². The molecule has 1 saturated heterocycles. The predicted molar refractivity (Wildman–Crippen MR) is 153 cm³/mol. The van der Waals surface area contributed by atoms with Crippen molar-refractivity contribution in [3.05, 3.63) is 106 Å². The zero-order valence-corrected chi connectivity index (χ0v) is 23.6. The second-order valence-electron chi connectivity index (χ2n) is 10.4. The molecule has 0 spiro atoms. The summed E-state index contributed by atoms with van der Waals surface area (Å²) in [4.78, 5) is 36.4. The minimum absolute atomic E-state index is 0.131. The van der Waals surface area contributed by atoms with Crippen LogP contribution >= 0.6 is 0 Å². The number of carbonyl (C=O) groups excluding carboxylic acids is 1. The van der Waals surface area contributed by atoms with Crippen LogP contribution in [-0.2, 0) is 19.0 Å². The van der Waals surface area contributed by atoms with Gasteiger partial charge in [-0.25, -0.2) is 15.1 Å². The third-order valence-corrected chi connectivity index (χ3v) is 7.48. The Morgan fingerprint density at radius 3 is 2.30 bits per heavy atom. The zero-order chi connectivity index (χ0) is 32.6. The highest BCUT2D eigenvalue weighted by atomic mass is 19.4. The molecule has 3 aromatic heterocycles. The molecule has 1 fully saturated rings. The molecule has 5 aromatic rings. The first-order chi connectivity index (χ1) is 21.9. The lowest BCUT2D eigenvalue weighted by atomic mass is 10.1. The van der Waals surface area contributed by atoms with Gasteiger partial charge in [0.25, 0.3) is 11.5 Å². The van der Waals surface area contributed by atoms with Gasteiger partial charge >= 0.3 is 12.4 Å². The Morgan fingerprint density at radius 2 is 1.61 bits per heavy atom. The molecule has 0 saturated carbocycles. The number of nitrogens with zero attached hydrogens (tertiary/aromatic N) is 6. The summed E-state index contributed by atoms with van der Waals surface area (Å²) in [6, 6.07) is 13.2. The standard InChI is InChI=1S/C30H23F6N7O3/c31-29(32,33)20-13-37-28(38-14-20)42-10-8-41(9-11-42)27(45)18-5-3-6-21(12-18)46-17-24-22-7-2-1-4-19(22)16-43(24)23-15-39-40-26(44)25(23)30(34,35)36/h1-7,12-16H,8-11,17H2,(H,40,44). The minimum Gasteiger partial charge on any atom is -0.487 e. The fraction of sp³-hybridized carbons (Fsp3) is 0.233. The van der Waals surface area contributed by atoms with E-state index in [1.807, 2.05) is 5.10 Å². The number of fused-ring (bicyclic) bond motifs is 1. The van der Waals surface area contributed by atoms with Gasteiger partial charge in [-0.05, 0) is 18.2 Å². The van der Waals surface area contributed by atoms with E-state index < -0.39 is 34.7 Å². The average Bonchev–Trinajstić information content (AvgIpc) is 3.41. The Labute approximate surface area is 255 Å². The average molecular weight is 644 g/mol. The number of aromatic amines is 1. The molecule has 10 nitrogen and oxygen atoms in total. The number of ether oxygens (including phenoxy) is 1. The topological polar surface area (TPSA) is 109 Å². The van der Waals surface area contributed by atoms with Crippen molar-refractivity contribution in [3.8, 4) is 11.4 Å². The van der Waals surface area contributed by atoms with E-state index in [0.717, 1.165) is 18.6 Å². The molecule has 1 aliphatic heterocycles. The number of anilines is 1. The summed E-state index contributed by atoms with van der Waals surface area (Å²) in [5.74, 6) is 0.0993. The number of hydrogen-bond acceptors (Lipinski definition) is 7. The highest BCUT2D eigenvalue weighted by Crippen LogP contribution is 2.34. The Bertz CT molecular complexity index is 1950. The van der Waals surface area contributed by atoms with Crippen LogP contribution in [0.4, 0.5) is 32.3 Å². The molecule has 6 rings (SSSR count). The van der Waals surface area contributed by atoms with Crippen LogP contribution in [0.5, 0.6) is 5.75 Å². The predicted octanol–water partition coefficient (Wildman–Crippen LogP) is 5.08. The Hall–Kier alpha value is -5.41. The van der Waals surface area contributed by atoms with E-state index >= 15 is 0 Å². The summed E-state index contributed by atoms with van der Waals surface area (Å²) >= 11 is 0. The van der Waals surface area contributed by atoms with Gasteiger partial charge in [-0.1, -0.05) is 30.3 Å². The third kappa shape index (κ3) is 6.09. The van der Waals surface area contributed by atoms with Gasteiger partial charge in [0.05, 0.1) is 23.1 Å². The highest BCUT2D eigenvalue weighted by Gasteiger charge is 2.38. The number of amides is 1. The van der Waals surface area contributed by atoms with Crippen molar-refractivity contribution in [2.75, 3.05) is 31.1 Å². The van der Waals surface area contributed by atoms with Crippen molar-refractivity contribution in [3.63, 3.8) is 0 Å². The molecule has 1 N–H and O–H groups in total. The monoisotopic (exact) mass is 643 g/mol. The first-order valence-corrected chi connectivity index (χ1v) is 13.8. The first kappa shape index (κ1) is 30.6. The van der Waals surface area contributed by atoms with E-state index in [0.29, 0.717) is 35.1 Å².